The molecule has 25 heavy (non-hydrogen) atoms. The number of hydrogen-bond donors (Lipinski definition) is 2. The molecule has 1 aliphatic rings. The van der Waals surface area contributed by atoms with Crippen molar-refractivity contribution in [3.63, 3.8) is 0 Å². The van der Waals surface area contributed by atoms with Crippen molar-refractivity contribution in [3.05, 3.63) is 54.1 Å². The molecular formula is C19H17ClN2O3. The van der Waals surface area contributed by atoms with Gasteiger partial charge in [0.1, 0.15) is 5.88 Å². The van der Waals surface area contributed by atoms with E-state index in [0.29, 0.717) is 17.2 Å². The number of anilines is 1. The summed E-state index contributed by atoms with van der Waals surface area (Å²) >= 11 is 6.14. The van der Waals surface area contributed by atoms with Crippen LogP contribution >= 0.6 is 11.6 Å². The zero-order valence-corrected chi connectivity index (χ0v) is 14.3. The summed E-state index contributed by atoms with van der Waals surface area (Å²) in [6.07, 6.45) is 5.25. The maximum absolute atomic E-state index is 11.9. The maximum Gasteiger partial charge on any atom is 0.320 e. The topological polar surface area (TPSA) is 59.6 Å². The molecule has 0 saturated carbocycles. The van der Waals surface area contributed by atoms with Gasteiger partial charge in [-0.25, -0.2) is 4.79 Å². The van der Waals surface area contributed by atoms with Gasteiger partial charge in [-0.3, -0.25) is 0 Å². The van der Waals surface area contributed by atoms with Crippen LogP contribution in [0.3, 0.4) is 0 Å². The Morgan fingerprint density at radius 1 is 1.24 bits per heavy atom. The number of terminal acetylenes is 1. The first-order chi connectivity index (χ1) is 12.1. The van der Waals surface area contributed by atoms with Gasteiger partial charge in [-0.2, -0.15) is 0 Å². The van der Waals surface area contributed by atoms with Crippen molar-refractivity contribution in [2.75, 3.05) is 11.2 Å². The molecule has 0 aromatic heterocycles. The van der Waals surface area contributed by atoms with E-state index in [1.165, 1.54) is 0 Å². The van der Waals surface area contributed by atoms with Gasteiger partial charge in [0.2, 0.25) is 0 Å². The van der Waals surface area contributed by atoms with Crippen molar-refractivity contribution in [2.24, 2.45) is 0 Å². The normalized spacial score (nSPS) is 18.9. The Morgan fingerprint density at radius 2 is 1.96 bits per heavy atom. The lowest BCUT2D eigenvalue weighted by atomic mass is 10.1. The van der Waals surface area contributed by atoms with Crippen LogP contribution < -0.4 is 20.1 Å². The molecule has 0 fully saturated rings. The Morgan fingerprint density at radius 3 is 2.64 bits per heavy atom. The number of alkyl halides is 1. The Kier molecular flexibility index (Phi) is 4.73. The Balaban J connectivity index is 1.79. The summed E-state index contributed by atoms with van der Waals surface area (Å²) in [7, 11) is 0. The zero-order chi connectivity index (χ0) is 17.9. The molecule has 2 amide bonds. The van der Waals surface area contributed by atoms with Crippen LogP contribution in [0, 0.1) is 12.3 Å². The number of halogens is 1. The number of carbonyl (C=O) groups is 1. The van der Waals surface area contributed by atoms with Gasteiger partial charge in [-0.1, -0.05) is 36.3 Å². The Bertz CT molecular complexity index is 819. The Hall–Kier alpha value is -2.84. The minimum Gasteiger partial charge on any atom is -0.443 e. The van der Waals surface area contributed by atoms with Crippen LogP contribution in [0.25, 0.3) is 0 Å². The van der Waals surface area contributed by atoms with E-state index in [0.717, 1.165) is 5.56 Å². The fraction of sp³-hybridized carbons (Fsp3) is 0.211. The predicted octanol–water partition coefficient (Wildman–Crippen LogP) is 3.69. The molecular weight excluding hydrogens is 340 g/mol. The zero-order valence-electron chi connectivity index (χ0n) is 13.6. The highest BCUT2D eigenvalue weighted by Gasteiger charge is 2.43. The predicted molar refractivity (Wildman–Crippen MR) is 97.0 cm³/mol. The highest BCUT2D eigenvalue weighted by atomic mass is 35.5. The summed E-state index contributed by atoms with van der Waals surface area (Å²) in [6, 6.07) is 13.9. The molecule has 0 spiro atoms. The summed E-state index contributed by atoms with van der Waals surface area (Å²) in [5.41, 5.74) is 1.37. The van der Waals surface area contributed by atoms with E-state index in [1.54, 1.807) is 25.1 Å². The molecule has 2 unspecified atom stereocenters. The van der Waals surface area contributed by atoms with E-state index in [2.05, 4.69) is 16.6 Å². The van der Waals surface area contributed by atoms with Crippen LogP contribution in [-0.4, -0.2) is 18.0 Å². The van der Waals surface area contributed by atoms with Gasteiger partial charge in [0.05, 0.1) is 6.04 Å². The van der Waals surface area contributed by atoms with E-state index < -0.39 is 11.8 Å². The summed E-state index contributed by atoms with van der Waals surface area (Å²) < 4.78 is 12.0. The van der Waals surface area contributed by atoms with Crippen molar-refractivity contribution >= 4 is 23.3 Å². The van der Waals surface area contributed by atoms with Crippen LogP contribution in [0.2, 0.25) is 0 Å². The summed E-state index contributed by atoms with van der Waals surface area (Å²) in [4.78, 5) is 11.9. The van der Waals surface area contributed by atoms with E-state index in [1.807, 2.05) is 30.3 Å². The SMILES string of the molecule is C#CC(C)NC(=O)Nc1ccc2c(c1)OC(CCl)(c1ccccc1)O2. The molecule has 3 rings (SSSR count). The average Bonchev–Trinajstić information content (AvgIpc) is 3.01. The molecule has 128 valence electrons. The van der Waals surface area contributed by atoms with Gasteiger partial charge in [0, 0.05) is 17.3 Å². The van der Waals surface area contributed by atoms with Gasteiger partial charge in [-0.15, -0.1) is 18.0 Å². The average molecular weight is 357 g/mol. The van der Waals surface area contributed by atoms with Gasteiger partial charge in [0.25, 0.3) is 5.79 Å². The van der Waals surface area contributed by atoms with Gasteiger partial charge in [-0.05, 0) is 19.1 Å². The second-order valence-corrected chi connectivity index (χ2v) is 5.87. The molecule has 1 aliphatic heterocycles. The standard InChI is InChI=1S/C19H17ClN2O3/c1-3-13(2)21-18(23)22-15-9-10-16-17(11-15)25-19(12-20,24-16)14-7-5-4-6-8-14/h1,4-11,13H,12H2,2H3,(H2,21,22,23). The highest BCUT2D eigenvalue weighted by Crippen LogP contribution is 2.45. The summed E-state index contributed by atoms with van der Waals surface area (Å²) in [5, 5.41) is 5.33. The molecule has 2 atom stereocenters. The number of hydrogen-bond acceptors (Lipinski definition) is 3. The largest absolute Gasteiger partial charge is 0.443 e. The number of fused-ring (bicyclic) bond motifs is 1. The van der Waals surface area contributed by atoms with Gasteiger partial charge < -0.3 is 20.1 Å². The third-order valence-electron chi connectivity index (χ3n) is 3.74. The van der Waals surface area contributed by atoms with Gasteiger partial charge >= 0.3 is 6.03 Å². The van der Waals surface area contributed by atoms with E-state index in [-0.39, 0.29) is 11.9 Å². The number of ether oxygens (including phenoxy) is 2. The van der Waals surface area contributed by atoms with Crippen molar-refractivity contribution < 1.29 is 14.3 Å². The molecule has 2 N–H and O–H groups in total. The monoisotopic (exact) mass is 356 g/mol. The lowest BCUT2D eigenvalue weighted by Crippen LogP contribution is -2.37. The highest BCUT2D eigenvalue weighted by molar-refractivity contribution is 6.18. The molecule has 2 aromatic rings. The molecule has 0 radical (unpaired) electrons. The minimum atomic E-state index is -1.08. The number of benzene rings is 2. The second kappa shape index (κ2) is 6.96. The smallest absolute Gasteiger partial charge is 0.320 e. The molecule has 6 heteroatoms. The summed E-state index contributed by atoms with van der Waals surface area (Å²) in [6.45, 7) is 1.72. The molecule has 5 nitrogen and oxygen atoms in total. The van der Waals surface area contributed by atoms with Crippen LogP contribution in [0.15, 0.2) is 48.5 Å². The number of amides is 2. The Labute approximate surface area is 151 Å². The number of rotatable bonds is 4. The number of carbonyl (C=O) groups excluding carboxylic acids is 1. The van der Waals surface area contributed by atoms with Crippen LogP contribution in [0.4, 0.5) is 10.5 Å². The first kappa shape index (κ1) is 17.0. The first-order valence-electron chi connectivity index (χ1n) is 7.73. The van der Waals surface area contributed by atoms with Crippen LogP contribution in [0.5, 0.6) is 11.5 Å². The quantitative estimate of drug-likeness (QED) is 0.648. The van der Waals surface area contributed by atoms with E-state index in [9.17, 15) is 4.79 Å². The maximum atomic E-state index is 11.9. The van der Waals surface area contributed by atoms with E-state index in [4.69, 9.17) is 27.5 Å². The molecule has 0 bridgehead atoms. The van der Waals surface area contributed by atoms with Crippen LogP contribution in [-0.2, 0) is 5.79 Å². The minimum absolute atomic E-state index is 0.120. The van der Waals surface area contributed by atoms with Crippen molar-refractivity contribution in [2.45, 2.75) is 18.8 Å². The summed E-state index contributed by atoms with van der Waals surface area (Å²) in [5.74, 6) is 2.54. The van der Waals surface area contributed by atoms with Crippen molar-refractivity contribution in [1.29, 1.82) is 0 Å². The third kappa shape index (κ3) is 3.49. The second-order valence-electron chi connectivity index (χ2n) is 5.61. The van der Waals surface area contributed by atoms with Gasteiger partial charge in [0.15, 0.2) is 11.5 Å². The molecule has 1 heterocycles. The van der Waals surface area contributed by atoms with E-state index >= 15 is 0 Å². The fourth-order valence-corrected chi connectivity index (χ4v) is 2.74. The lowest BCUT2D eigenvalue weighted by molar-refractivity contribution is -0.0644. The van der Waals surface area contributed by atoms with Crippen molar-refractivity contribution in [3.8, 4) is 23.8 Å². The van der Waals surface area contributed by atoms with Crippen molar-refractivity contribution in [1.82, 2.24) is 5.32 Å². The lowest BCUT2D eigenvalue weighted by Gasteiger charge is -2.25. The fourth-order valence-electron chi connectivity index (χ4n) is 2.47. The number of urea groups is 1. The molecule has 0 aliphatic carbocycles. The number of nitrogens with one attached hydrogen (secondary N) is 2. The molecule has 2 aromatic carbocycles. The van der Waals surface area contributed by atoms with Crippen LogP contribution in [0.1, 0.15) is 12.5 Å². The first-order valence-corrected chi connectivity index (χ1v) is 8.27. The molecule has 0 saturated heterocycles. The third-order valence-corrected chi connectivity index (χ3v) is 4.09.